The lowest BCUT2D eigenvalue weighted by Gasteiger charge is -2.18. The molecule has 1 amide bonds. The third kappa shape index (κ3) is 3.96. The zero-order valence-electron chi connectivity index (χ0n) is 21.1. The number of nitrogens with one attached hydrogen (secondary N) is 3. The lowest BCUT2D eigenvalue weighted by molar-refractivity contribution is 0.102. The lowest BCUT2D eigenvalue weighted by Crippen LogP contribution is -2.17. The molecule has 2 aliphatic rings. The van der Waals surface area contributed by atoms with Crippen LogP contribution in [0, 0.1) is 0 Å². The van der Waals surface area contributed by atoms with Crippen molar-refractivity contribution in [1.82, 2.24) is 24.8 Å². The van der Waals surface area contributed by atoms with E-state index in [4.69, 9.17) is 10.1 Å². The Morgan fingerprint density at radius 1 is 1.05 bits per heavy atom. The van der Waals surface area contributed by atoms with Crippen molar-refractivity contribution in [3.8, 4) is 11.3 Å². The van der Waals surface area contributed by atoms with E-state index in [1.54, 1.807) is 6.20 Å². The largest absolute Gasteiger partial charge is 0.385 e. The normalized spacial score (nSPS) is 14.6. The first-order chi connectivity index (χ1) is 18.7. The average molecular weight is 505 g/mol. The molecule has 0 atom stereocenters. The third-order valence-corrected chi connectivity index (χ3v) is 7.27. The van der Waals surface area contributed by atoms with E-state index in [0.29, 0.717) is 5.69 Å². The summed E-state index contributed by atoms with van der Waals surface area (Å²) in [6.45, 7) is 4.45. The van der Waals surface area contributed by atoms with Gasteiger partial charge in [-0.15, -0.1) is 0 Å². The Kier molecular flexibility index (Phi) is 5.35. The third-order valence-electron chi connectivity index (χ3n) is 7.27. The highest BCUT2D eigenvalue weighted by atomic mass is 16.2. The van der Waals surface area contributed by atoms with Crippen molar-refractivity contribution < 1.29 is 4.79 Å². The van der Waals surface area contributed by atoms with Crippen LogP contribution in [0.15, 0.2) is 67.0 Å². The summed E-state index contributed by atoms with van der Waals surface area (Å²) < 4.78 is 1.81. The second-order valence-corrected chi connectivity index (χ2v) is 9.95. The van der Waals surface area contributed by atoms with Crippen LogP contribution >= 0.6 is 0 Å². The molecule has 1 aliphatic carbocycles. The standard InChI is InChI=1S/C29H28N8O/c1-2-30-22-8-5-9-23(12-22)33-29(38)27-26(18-10-11-18)28-34-25(36-16-19-6-3-4-7-20(19)17-36)13-24(37(28)35-27)21-14-31-32-15-21/h3-9,12-15,18,30H,2,10-11,16-17H2,1H3,(H,31,32)(H,33,38). The summed E-state index contributed by atoms with van der Waals surface area (Å²) in [6.07, 6.45) is 5.68. The second-order valence-electron chi connectivity index (χ2n) is 9.95. The van der Waals surface area contributed by atoms with E-state index in [1.807, 2.05) is 41.9 Å². The van der Waals surface area contributed by atoms with Gasteiger partial charge in [-0.3, -0.25) is 9.89 Å². The van der Waals surface area contributed by atoms with E-state index in [1.165, 1.54) is 11.1 Å². The van der Waals surface area contributed by atoms with Gasteiger partial charge < -0.3 is 15.5 Å². The summed E-state index contributed by atoms with van der Waals surface area (Å²) in [5.41, 5.74) is 8.16. The van der Waals surface area contributed by atoms with Gasteiger partial charge in [0.25, 0.3) is 5.91 Å². The first-order valence-corrected chi connectivity index (χ1v) is 13.1. The van der Waals surface area contributed by atoms with Gasteiger partial charge in [0, 0.05) is 54.4 Å². The molecule has 0 radical (unpaired) electrons. The number of aromatic nitrogens is 5. The number of amides is 1. The first-order valence-electron chi connectivity index (χ1n) is 13.1. The Hall–Kier alpha value is -4.66. The maximum absolute atomic E-state index is 13.6. The lowest BCUT2D eigenvalue weighted by atomic mass is 10.1. The minimum atomic E-state index is -0.223. The van der Waals surface area contributed by atoms with Crippen molar-refractivity contribution in [2.24, 2.45) is 0 Å². The highest BCUT2D eigenvalue weighted by Crippen LogP contribution is 2.44. The molecular formula is C29H28N8O. The molecule has 2 aromatic carbocycles. The highest BCUT2D eigenvalue weighted by Gasteiger charge is 2.35. The number of fused-ring (bicyclic) bond motifs is 2. The summed E-state index contributed by atoms with van der Waals surface area (Å²) >= 11 is 0. The maximum atomic E-state index is 13.6. The van der Waals surface area contributed by atoms with Crippen LogP contribution in [0.3, 0.4) is 0 Å². The van der Waals surface area contributed by atoms with Crippen molar-refractivity contribution in [3.05, 3.63) is 89.4 Å². The van der Waals surface area contributed by atoms with E-state index in [-0.39, 0.29) is 11.8 Å². The van der Waals surface area contributed by atoms with Crippen LogP contribution in [0.1, 0.15) is 52.9 Å². The molecule has 3 aromatic heterocycles. The van der Waals surface area contributed by atoms with E-state index >= 15 is 0 Å². The molecule has 0 bridgehead atoms. The van der Waals surface area contributed by atoms with Crippen molar-refractivity contribution in [3.63, 3.8) is 0 Å². The Bertz CT molecular complexity index is 1630. The quantitative estimate of drug-likeness (QED) is 0.281. The number of hydrogen-bond donors (Lipinski definition) is 3. The monoisotopic (exact) mass is 504 g/mol. The molecule has 1 aliphatic heterocycles. The number of hydrogen-bond acceptors (Lipinski definition) is 6. The molecule has 7 rings (SSSR count). The van der Waals surface area contributed by atoms with E-state index < -0.39 is 0 Å². The Balaban J connectivity index is 1.33. The van der Waals surface area contributed by atoms with E-state index in [9.17, 15) is 4.79 Å². The van der Waals surface area contributed by atoms with Crippen LogP contribution in [0.2, 0.25) is 0 Å². The topological polar surface area (TPSA) is 103 Å². The smallest absolute Gasteiger partial charge is 0.276 e. The number of H-pyrrole nitrogens is 1. The van der Waals surface area contributed by atoms with Gasteiger partial charge in [-0.05, 0) is 55.0 Å². The van der Waals surface area contributed by atoms with Crippen LogP contribution in [-0.4, -0.2) is 37.2 Å². The van der Waals surface area contributed by atoms with Crippen LogP contribution in [-0.2, 0) is 13.1 Å². The number of benzene rings is 2. The van der Waals surface area contributed by atoms with Gasteiger partial charge in [-0.2, -0.15) is 10.2 Å². The van der Waals surface area contributed by atoms with E-state index in [0.717, 1.165) is 72.1 Å². The Labute approximate surface area is 219 Å². The molecule has 0 spiro atoms. The van der Waals surface area contributed by atoms with Gasteiger partial charge in [-0.1, -0.05) is 30.3 Å². The van der Waals surface area contributed by atoms with Crippen molar-refractivity contribution >= 4 is 28.7 Å². The number of carbonyl (C=O) groups excluding carboxylic acids is 1. The summed E-state index contributed by atoms with van der Waals surface area (Å²) in [7, 11) is 0. The first kappa shape index (κ1) is 22.5. The van der Waals surface area contributed by atoms with Crippen molar-refractivity contribution in [2.75, 3.05) is 22.1 Å². The van der Waals surface area contributed by atoms with Crippen LogP contribution in [0.4, 0.5) is 17.2 Å². The molecule has 0 saturated heterocycles. The fourth-order valence-corrected chi connectivity index (χ4v) is 5.29. The van der Waals surface area contributed by atoms with Crippen molar-refractivity contribution in [2.45, 2.75) is 38.8 Å². The SMILES string of the molecule is CCNc1cccc(NC(=O)c2nn3c(-c4cn[nH]c4)cc(N4Cc5ccccc5C4)nc3c2C2CC2)c1. The maximum Gasteiger partial charge on any atom is 0.276 e. The van der Waals surface area contributed by atoms with Gasteiger partial charge >= 0.3 is 0 Å². The Morgan fingerprint density at radius 3 is 2.55 bits per heavy atom. The molecular weight excluding hydrogens is 476 g/mol. The number of carbonyl (C=O) groups is 1. The molecule has 3 N–H and O–H groups in total. The minimum Gasteiger partial charge on any atom is -0.385 e. The molecule has 1 saturated carbocycles. The molecule has 0 unspecified atom stereocenters. The summed E-state index contributed by atoms with van der Waals surface area (Å²) in [4.78, 5) is 21.0. The molecule has 5 aromatic rings. The Morgan fingerprint density at radius 2 is 1.84 bits per heavy atom. The molecule has 1 fully saturated rings. The number of anilines is 3. The summed E-state index contributed by atoms with van der Waals surface area (Å²) in [6, 6.07) is 18.3. The fourth-order valence-electron chi connectivity index (χ4n) is 5.29. The van der Waals surface area contributed by atoms with Gasteiger partial charge in [0.1, 0.15) is 5.82 Å². The molecule has 9 heteroatoms. The zero-order chi connectivity index (χ0) is 25.6. The molecule has 190 valence electrons. The summed E-state index contributed by atoms with van der Waals surface area (Å²) in [5, 5.41) is 18.3. The fraction of sp³-hybridized carbons (Fsp3) is 0.241. The van der Waals surface area contributed by atoms with Crippen LogP contribution in [0.5, 0.6) is 0 Å². The molecule has 4 heterocycles. The van der Waals surface area contributed by atoms with Crippen molar-refractivity contribution in [1.29, 1.82) is 0 Å². The predicted octanol–water partition coefficient (Wildman–Crippen LogP) is 5.20. The highest BCUT2D eigenvalue weighted by molar-refractivity contribution is 6.05. The van der Waals surface area contributed by atoms with Gasteiger partial charge in [0.15, 0.2) is 11.3 Å². The van der Waals surface area contributed by atoms with Gasteiger partial charge in [-0.25, -0.2) is 9.50 Å². The van der Waals surface area contributed by atoms with Gasteiger partial charge in [0.2, 0.25) is 0 Å². The van der Waals surface area contributed by atoms with Crippen LogP contribution < -0.4 is 15.5 Å². The molecule has 38 heavy (non-hydrogen) atoms. The number of nitrogens with zero attached hydrogens (tertiary/aromatic N) is 5. The second kappa shape index (κ2) is 9.02. The average Bonchev–Trinajstić information content (AvgIpc) is 3.32. The summed E-state index contributed by atoms with van der Waals surface area (Å²) in [5.74, 6) is 0.924. The van der Waals surface area contributed by atoms with E-state index in [2.05, 4.69) is 56.1 Å². The van der Waals surface area contributed by atoms with Gasteiger partial charge in [0.05, 0.1) is 11.9 Å². The van der Waals surface area contributed by atoms with Crippen LogP contribution in [0.25, 0.3) is 16.9 Å². The number of rotatable bonds is 7. The molecule has 9 nitrogen and oxygen atoms in total. The number of aromatic amines is 1. The zero-order valence-corrected chi connectivity index (χ0v) is 21.1. The minimum absolute atomic E-state index is 0.223. The predicted molar refractivity (Wildman–Crippen MR) is 147 cm³/mol.